The Morgan fingerprint density at radius 1 is 1.03 bits per heavy atom. The van der Waals surface area contributed by atoms with E-state index in [0.29, 0.717) is 10.8 Å². The zero-order valence-electron chi connectivity index (χ0n) is 17.0. The maximum atomic E-state index is 12.4. The number of tetrazole rings is 1. The first-order valence-electron chi connectivity index (χ1n) is 9.63. The van der Waals surface area contributed by atoms with Crippen LogP contribution in [-0.4, -0.2) is 36.8 Å². The molecule has 0 fully saturated rings. The van der Waals surface area contributed by atoms with Crippen LogP contribution >= 0.6 is 11.8 Å². The molecule has 1 N–H and O–H groups in total. The van der Waals surface area contributed by atoms with Crippen LogP contribution < -0.4 is 5.32 Å². The van der Waals surface area contributed by atoms with Crippen LogP contribution in [0.25, 0.3) is 16.8 Å². The van der Waals surface area contributed by atoms with Crippen LogP contribution in [0, 0.1) is 17.0 Å². The number of hydrogen-bond acceptors (Lipinski definition) is 7. The average molecular weight is 446 g/mol. The molecule has 3 aromatic carbocycles. The molecule has 0 aliphatic carbocycles. The van der Waals surface area contributed by atoms with Crippen molar-refractivity contribution in [3.8, 4) is 16.8 Å². The standard InChI is InChI=1S/C22H18N6O3S/c1-15-4-2-3-5-20(15)27-22(24-25-26-27)32-14-21(29)23-18-10-6-16(7-11-18)17-8-12-19(13-9-17)28(30)31/h2-13H,14H2,1H3,(H,23,29). The number of nitrogens with zero attached hydrogens (tertiary/aromatic N) is 5. The second-order valence-corrected chi connectivity index (χ2v) is 7.82. The van der Waals surface area contributed by atoms with Gasteiger partial charge in [0, 0.05) is 17.8 Å². The van der Waals surface area contributed by atoms with Gasteiger partial charge >= 0.3 is 0 Å². The van der Waals surface area contributed by atoms with Crippen LogP contribution in [0.2, 0.25) is 0 Å². The normalized spacial score (nSPS) is 10.7. The summed E-state index contributed by atoms with van der Waals surface area (Å²) in [7, 11) is 0. The second-order valence-electron chi connectivity index (χ2n) is 6.88. The van der Waals surface area contributed by atoms with Crippen LogP contribution in [0.3, 0.4) is 0 Å². The Morgan fingerprint density at radius 3 is 2.34 bits per heavy atom. The molecule has 0 saturated heterocycles. The molecule has 1 aromatic heterocycles. The van der Waals surface area contributed by atoms with Crippen molar-refractivity contribution in [2.24, 2.45) is 0 Å². The van der Waals surface area contributed by atoms with Gasteiger partial charge in [-0.25, -0.2) is 0 Å². The summed E-state index contributed by atoms with van der Waals surface area (Å²) in [5.74, 6) is -0.0338. The minimum absolute atomic E-state index is 0.0450. The quantitative estimate of drug-likeness (QED) is 0.256. The van der Waals surface area contributed by atoms with E-state index in [1.54, 1.807) is 28.9 Å². The van der Waals surface area contributed by atoms with Crippen LogP contribution in [0.15, 0.2) is 78.0 Å². The molecule has 4 rings (SSSR count). The molecule has 0 saturated carbocycles. The summed E-state index contributed by atoms with van der Waals surface area (Å²) in [6.07, 6.45) is 0. The van der Waals surface area contributed by atoms with Gasteiger partial charge in [-0.1, -0.05) is 42.1 Å². The number of rotatable bonds is 7. The fourth-order valence-electron chi connectivity index (χ4n) is 3.07. The monoisotopic (exact) mass is 446 g/mol. The Balaban J connectivity index is 1.37. The van der Waals surface area contributed by atoms with Crippen molar-refractivity contribution in [2.45, 2.75) is 12.1 Å². The zero-order valence-corrected chi connectivity index (χ0v) is 17.8. The van der Waals surface area contributed by atoms with Gasteiger partial charge in [0.15, 0.2) is 0 Å². The van der Waals surface area contributed by atoms with Gasteiger partial charge in [-0.3, -0.25) is 14.9 Å². The van der Waals surface area contributed by atoms with E-state index in [2.05, 4.69) is 20.8 Å². The number of non-ortho nitro benzene ring substituents is 1. The molecule has 0 spiro atoms. The lowest BCUT2D eigenvalue weighted by Gasteiger charge is -2.08. The molecular formula is C22H18N6O3S. The maximum Gasteiger partial charge on any atom is 0.269 e. The predicted octanol–water partition coefficient (Wildman–Crippen LogP) is 4.28. The molecule has 9 nitrogen and oxygen atoms in total. The summed E-state index contributed by atoms with van der Waals surface area (Å²) in [6.45, 7) is 1.97. The Bertz CT molecular complexity index is 1260. The lowest BCUT2D eigenvalue weighted by atomic mass is 10.1. The number of para-hydroxylation sites is 1. The lowest BCUT2D eigenvalue weighted by molar-refractivity contribution is -0.384. The fourth-order valence-corrected chi connectivity index (χ4v) is 3.75. The first-order chi connectivity index (χ1) is 15.5. The molecule has 32 heavy (non-hydrogen) atoms. The number of hydrogen-bond donors (Lipinski definition) is 1. The number of carbonyl (C=O) groups excluding carboxylic acids is 1. The highest BCUT2D eigenvalue weighted by atomic mass is 32.2. The van der Waals surface area contributed by atoms with E-state index in [-0.39, 0.29) is 17.3 Å². The third kappa shape index (κ3) is 4.81. The minimum atomic E-state index is -0.431. The van der Waals surface area contributed by atoms with E-state index in [1.807, 2.05) is 43.3 Å². The van der Waals surface area contributed by atoms with Gasteiger partial charge in [0.1, 0.15) is 0 Å². The smallest absolute Gasteiger partial charge is 0.269 e. The molecule has 160 valence electrons. The third-order valence-electron chi connectivity index (χ3n) is 4.70. The van der Waals surface area contributed by atoms with Crippen molar-refractivity contribution in [2.75, 3.05) is 11.1 Å². The van der Waals surface area contributed by atoms with Crippen molar-refractivity contribution < 1.29 is 9.72 Å². The lowest BCUT2D eigenvalue weighted by Crippen LogP contribution is -2.14. The Labute approximate surface area is 187 Å². The number of thioether (sulfide) groups is 1. The molecule has 0 unspecified atom stereocenters. The number of nitrogens with one attached hydrogen (secondary N) is 1. The topological polar surface area (TPSA) is 116 Å². The van der Waals surface area contributed by atoms with Gasteiger partial charge in [0.05, 0.1) is 16.4 Å². The summed E-state index contributed by atoms with van der Waals surface area (Å²) < 4.78 is 1.62. The molecular weight excluding hydrogens is 428 g/mol. The molecule has 1 heterocycles. The van der Waals surface area contributed by atoms with Gasteiger partial charge in [-0.2, -0.15) is 4.68 Å². The summed E-state index contributed by atoms with van der Waals surface area (Å²) in [6, 6.07) is 21.3. The highest BCUT2D eigenvalue weighted by Crippen LogP contribution is 2.24. The summed E-state index contributed by atoms with van der Waals surface area (Å²) in [4.78, 5) is 22.8. The molecule has 0 bridgehead atoms. The molecule has 0 atom stereocenters. The van der Waals surface area contributed by atoms with E-state index in [9.17, 15) is 14.9 Å². The van der Waals surface area contributed by atoms with E-state index in [4.69, 9.17) is 0 Å². The van der Waals surface area contributed by atoms with Crippen molar-refractivity contribution >= 4 is 29.0 Å². The number of carbonyl (C=O) groups is 1. The number of amides is 1. The molecule has 0 aliphatic heterocycles. The number of nitro groups is 1. The van der Waals surface area contributed by atoms with Gasteiger partial charge in [-0.15, -0.1) is 5.10 Å². The molecule has 1 amide bonds. The van der Waals surface area contributed by atoms with E-state index in [0.717, 1.165) is 22.4 Å². The molecule has 10 heteroatoms. The van der Waals surface area contributed by atoms with Crippen molar-refractivity contribution in [1.82, 2.24) is 20.2 Å². The first-order valence-corrected chi connectivity index (χ1v) is 10.6. The third-order valence-corrected chi connectivity index (χ3v) is 5.62. The number of nitro benzene ring substituents is 1. The molecule has 4 aromatic rings. The number of aromatic nitrogens is 4. The first kappa shape index (κ1) is 21.2. The van der Waals surface area contributed by atoms with Crippen molar-refractivity contribution in [3.63, 3.8) is 0 Å². The van der Waals surface area contributed by atoms with Crippen LogP contribution in [0.1, 0.15) is 5.56 Å². The maximum absolute atomic E-state index is 12.4. The zero-order chi connectivity index (χ0) is 22.5. The Kier molecular flexibility index (Phi) is 6.22. The Hall–Kier alpha value is -4.05. The Morgan fingerprint density at radius 2 is 1.69 bits per heavy atom. The predicted molar refractivity (Wildman–Crippen MR) is 122 cm³/mol. The number of benzene rings is 3. The largest absolute Gasteiger partial charge is 0.325 e. The van der Waals surface area contributed by atoms with Gasteiger partial charge in [0.25, 0.3) is 5.69 Å². The number of aryl methyl sites for hydroxylation is 1. The van der Waals surface area contributed by atoms with Gasteiger partial charge in [0.2, 0.25) is 11.1 Å². The van der Waals surface area contributed by atoms with Crippen molar-refractivity contribution in [1.29, 1.82) is 0 Å². The van der Waals surface area contributed by atoms with Gasteiger partial charge in [-0.05, 0) is 64.4 Å². The summed E-state index contributed by atoms with van der Waals surface area (Å²) in [5, 5.41) is 25.9. The van der Waals surface area contributed by atoms with Crippen LogP contribution in [0.5, 0.6) is 0 Å². The average Bonchev–Trinajstić information content (AvgIpc) is 3.27. The minimum Gasteiger partial charge on any atom is -0.325 e. The second kappa shape index (κ2) is 9.40. The van der Waals surface area contributed by atoms with E-state index >= 15 is 0 Å². The fraction of sp³-hybridized carbons (Fsp3) is 0.0909. The molecule has 0 radical (unpaired) electrons. The van der Waals surface area contributed by atoms with E-state index in [1.165, 1.54) is 23.9 Å². The number of anilines is 1. The SMILES string of the molecule is Cc1ccccc1-n1nnnc1SCC(=O)Nc1ccc(-c2ccc([N+](=O)[O-])cc2)cc1. The van der Waals surface area contributed by atoms with Gasteiger partial charge < -0.3 is 5.32 Å². The van der Waals surface area contributed by atoms with Crippen molar-refractivity contribution in [3.05, 3.63) is 88.5 Å². The molecule has 0 aliphatic rings. The van der Waals surface area contributed by atoms with Crippen LogP contribution in [-0.2, 0) is 4.79 Å². The summed E-state index contributed by atoms with van der Waals surface area (Å²) >= 11 is 1.25. The highest BCUT2D eigenvalue weighted by Gasteiger charge is 2.13. The highest BCUT2D eigenvalue weighted by molar-refractivity contribution is 7.99. The summed E-state index contributed by atoms with van der Waals surface area (Å²) in [5.41, 5.74) is 4.33. The van der Waals surface area contributed by atoms with Crippen LogP contribution in [0.4, 0.5) is 11.4 Å². The van der Waals surface area contributed by atoms with E-state index < -0.39 is 4.92 Å².